The number of hydrogen-bond donors (Lipinski definition) is 1. The molecular weight excluding hydrogens is 464 g/mol. The lowest BCUT2D eigenvalue weighted by molar-refractivity contribution is -0.132. The minimum Gasteiger partial charge on any atom is -0.507 e. The molecule has 1 aliphatic rings. The number of carbonyl (C=O) groups is 2. The molecule has 0 aliphatic carbocycles. The highest BCUT2D eigenvalue weighted by molar-refractivity contribution is 7.22. The quantitative estimate of drug-likeness (QED) is 0.236. The number of Topliss-reactive ketones (excluding diaryl/α,β-unsaturated/α-hetero) is 1. The number of rotatable bonds is 5. The number of ether oxygens (including phenoxy) is 2. The summed E-state index contributed by atoms with van der Waals surface area (Å²) in [6, 6.07) is 18.7. The Morgan fingerprint density at radius 1 is 1.00 bits per heavy atom. The molecule has 1 saturated heterocycles. The molecule has 3 aromatic carbocycles. The van der Waals surface area contributed by atoms with Crippen LogP contribution < -0.4 is 14.4 Å². The van der Waals surface area contributed by atoms with Gasteiger partial charge in [0.2, 0.25) is 0 Å². The lowest BCUT2D eigenvalue weighted by Gasteiger charge is -2.25. The number of para-hydroxylation sites is 1. The lowest BCUT2D eigenvalue weighted by Crippen LogP contribution is -2.29. The van der Waals surface area contributed by atoms with Crippen molar-refractivity contribution >= 4 is 44.1 Å². The van der Waals surface area contributed by atoms with Crippen LogP contribution in [0.2, 0.25) is 0 Å². The van der Waals surface area contributed by atoms with Gasteiger partial charge < -0.3 is 14.6 Å². The highest BCUT2D eigenvalue weighted by atomic mass is 32.1. The van der Waals surface area contributed by atoms with Crippen LogP contribution in [-0.4, -0.2) is 36.0 Å². The van der Waals surface area contributed by atoms with Crippen LogP contribution in [0.25, 0.3) is 16.0 Å². The molecule has 1 aliphatic heterocycles. The van der Waals surface area contributed by atoms with Gasteiger partial charge in [0.15, 0.2) is 16.6 Å². The largest absolute Gasteiger partial charge is 0.507 e. The summed E-state index contributed by atoms with van der Waals surface area (Å²) in [6.07, 6.45) is 0. The molecule has 1 amide bonds. The number of aliphatic hydroxyl groups is 1. The van der Waals surface area contributed by atoms with Gasteiger partial charge in [-0.25, -0.2) is 4.98 Å². The fraction of sp³-hybridized carbons (Fsp3) is 0.148. The summed E-state index contributed by atoms with van der Waals surface area (Å²) in [6.45, 7) is 1.98. The van der Waals surface area contributed by atoms with Crippen LogP contribution in [0.15, 0.2) is 72.3 Å². The average molecular weight is 487 g/mol. The average Bonchev–Trinajstić information content (AvgIpc) is 3.41. The summed E-state index contributed by atoms with van der Waals surface area (Å²) in [4.78, 5) is 32.9. The summed E-state index contributed by atoms with van der Waals surface area (Å²) in [5, 5.41) is 11.6. The van der Waals surface area contributed by atoms with Crippen LogP contribution in [-0.2, 0) is 9.59 Å². The van der Waals surface area contributed by atoms with Crippen LogP contribution in [0.4, 0.5) is 5.13 Å². The Bertz CT molecular complexity index is 1490. The van der Waals surface area contributed by atoms with E-state index in [0.717, 1.165) is 15.8 Å². The number of hydrogen-bond acceptors (Lipinski definition) is 7. The van der Waals surface area contributed by atoms with Gasteiger partial charge >= 0.3 is 5.91 Å². The Hall–Kier alpha value is -4.17. The first-order chi connectivity index (χ1) is 16.9. The maximum atomic E-state index is 13.5. The molecule has 176 valence electrons. The second-order valence-corrected chi connectivity index (χ2v) is 9.09. The number of thiazole rings is 1. The van der Waals surface area contributed by atoms with Crippen molar-refractivity contribution in [2.45, 2.75) is 13.0 Å². The van der Waals surface area contributed by atoms with E-state index in [0.29, 0.717) is 27.8 Å². The molecule has 0 saturated carbocycles. The van der Waals surface area contributed by atoms with E-state index in [1.807, 2.05) is 25.1 Å². The van der Waals surface area contributed by atoms with Crippen LogP contribution in [0.5, 0.6) is 11.5 Å². The van der Waals surface area contributed by atoms with Crippen molar-refractivity contribution in [3.8, 4) is 11.5 Å². The Morgan fingerprint density at radius 3 is 2.49 bits per heavy atom. The van der Waals surface area contributed by atoms with E-state index in [9.17, 15) is 14.7 Å². The monoisotopic (exact) mass is 486 g/mol. The number of amides is 1. The van der Waals surface area contributed by atoms with Crippen molar-refractivity contribution in [1.29, 1.82) is 0 Å². The second-order valence-electron chi connectivity index (χ2n) is 8.09. The standard InChI is InChI=1S/C27H22N2O5S/c1-15-12-13-18-20(14-15)35-27(28-18)29-22(17-10-7-11-19(33-2)25(17)34-3)21(24(31)26(29)32)23(30)16-8-5-4-6-9-16/h4-14,22,30H,1-3H3. The maximum Gasteiger partial charge on any atom is 0.301 e. The Balaban J connectivity index is 1.79. The first kappa shape index (κ1) is 22.6. The van der Waals surface area contributed by atoms with E-state index in [4.69, 9.17) is 9.47 Å². The molecule has 0 radical (unpaired) electrons. The smallest absolute Gasteiger partial charge is 0.301 e. The second kappa shape index (κ2) is 8.88. The molecule has 0 bridgehead atoms. The summed E-state index contributed by atoms with van der Waals surface area (Å²) >= 11 is 1.31. The summed E-state index contributed by atoms with van der Waals surface area (Å²) in [7, 11) is 3.00. The summed E-state index contributed by atoms with van der Waals surface area (Å²) < 4.78 is 12.0. The molecule has 5 rings (SSSR count). The van der Waals surface area contributed by atoms with Gasteiger partial charge in [-0.1, -0.05) is 59.9 Å². The van der Waals surface area contributed by atoms with E-state index >= 15 is 0 Å². The van der Waals surface area contributed by atoms with Gasteiger partial charge in [0.25, 0.3) is 5.78 Å². The zero-order chi connectivity index (χ0) is 24.7. The molecule has 1 N–H and O–H groups in total. The van der Waals surface area contributed by atoms with Crippen LogP contribution in [0.3, 0.4) is 0 Å². The lowest BCUT2D eigenvalue weighted by atomic mass is 9.94. The fourth-order valence-electron chi connectivity index (χ4n) is 4.33. The van der Waals surface area contributed by atoms with E-state index in [1.54, 1.807) is 48.5 Å². The van der Waals surface area contributed by atoms with Gasteiger partial charge in [0.05, 0.1) is 30.0 Å². The van der Waals surface area contributed by atoms with Crippen LogP contribution in [0, 0.1) is 6.92 Å². The molecular formula is C27H22N2O5S. The van der Waals surface area contributed by atoms with Crippen molar-refractivity contribution in [3.63, 3.8) is 0 Å². The Kier molecular flexibility index (Phi) is 5.74. The van der Waals surface area contributed by atoms with E-state index in [2.05, 4.69) is 4.98 Å². The molecule has 0 spiro atoms. The highest BCUT2D eigenvalue weighted by Crippen LogP contribution is 2.48. The zero-order valence-electron chi connectivity index (χ0n) is 19.3. The fourth-order valence-corrected chi connectivity index (χ4v) is 5.42. The molecule has 1 fully saturated rings. The normalized spacial score (nSPS) is 17.2. The number of aryl methyl sites for hydroxylation is 1. The third kappa shape index (κ3) is 3.72. The van der Waals surface area contributed by atoms with E-state index in [1.165, 1.54) is 30.5 Å². The van der Waals surface area contributed by atoms with Crippen molar-refractivity contribution in [1.82, 2.24) is 4.98 Å². The minimum absolute atomic E-state index is 0.0387. The predicted molar refractivity (Wildman–Crippen MR) is 135 cm³/mol. The number of methoxy groups -OCH3 is 2. The number of aromatic nitrogens is 1. The Morgan fingerprint density at radius 2 is 1.77 bits per heavy atom. The number of benzene rings is 3. The molecule has 2 heterocycles. The van der Waals surface area contributed by atoms with Gasteiger partial charge in [-0.3, -0.25) is 14.5 Å². The predicted octanol–water partition coefficient (Wildman–Crippen LogP) is 5.25. The molecule has 1 atom stereocenters. The van der Waals surface area contributed by atoms with Crippen molar-refractivity contribution < 1.29 is 24.2 Å². The van der Waals surface area contributed by atoms with Crippen molar-refractivity contribution in [3.05, 3.63) is 89.0 Å². The van der Waals surface area contributed by atoms with Gasteiger partial charge in [0, 0.05) is 11.1 Å². The minimum atomic E-state index is -0.970. The van der Waals surface area contributed by atoms with Crippen molar-refractivity contribution in [2.24, 2.45) is 0 Å². The molecule has 7 nitrogen and oxygen atoms in total. The Labute approximate surface area is 205 Å². The number of aliphatic hydroxyl groups excluding tert-OH is 1. The highest BCUT2D eigenvalue weighted by Gasteiger charge is 2.49. The number of anilines is 1. The number of fused-ring (bicyclic) bond motifs is 1. The zero-order valence-corrected chi connectivity index (χ0v) is 20.1. The molecule has 1 aromatic heterocycles. The van der Waals surface area contributed by atoms with Gasteiger partial charge in [-0.05, 0) is 30.7 Å². The molecule has 1 unspecified atom stereocenters. The SMILES string of the molecule is COc1cccc(C2C(=C(O)c3ccccc3)C(=O)C(=O)N2c2nc3ccc(C)cc3s2)c1OC. The van der Waals surface area contributed by atoms with Crippen molar-refractivity contribution in [2.75, 3.05) is 19.1 Å². The third-order valence-electron chi connectivity index (χ3n) is 5.96. The summed E-state index contributed by atoms with van der Waals surface area (Å²) in [5.41, 5.74) is 2.67. The van der Waals surface area contributed by atoms with E-state index < -0.39 is 17.7 Å². The topological polar surface area (TPSA) is 89.0 Å². The number of ketones is 1. The number of nitrogens with zero attached hydrogens (tertiary/aromatic N) is 2. The van der Waals surface area contributed by atoms with Gasteiger partial charge in [-0.15, -0.1) is 0 Å². The molecule has 4 aromatic rings. The summed E-state index contributed by atoms with van der Waals surface area (Å²) in [5.74, 6) is -1.03. The van der Waals surface area contributed by atoms with E-state index in [-0.39, 0.29) is 11.3 Å². The van der Waals surface area contributed by atoms with Crippen LogP contribution in [0.1, 0.15) is 22.7 Å². The first-order valence-corrected chi connectivity index (χ1v) is 11.7. The van der Waals surface area contributed by atoms with Gasteiger partial charge in [0.1, 0.15) is 11.8 Å². The molecule has 8 heteroatoms. The number of carbonyl (C=O) groups excluding carboxylic acids is 2. The first-order valence-electron chi connectivity index (χ1n) is 10.9. The third-order valence-corrected chi connectivity index (χ3v) is 6.98. The molecule has 35 heavy (non-hydrogen) atoms. The van der Waals surface area contributed by atoms with Gasteiger partial charge in [-0.2, -0.15) is 0 Å². The maximum absolute atomic E-state index is 13.5. The van der Waals surface area contributed by atoms with Crippen LogP contribution >= 0.6 is 11.3 Å².